The van der Waals surface area contributed by atoms with Gasteiger partial charge in [0.2, 0.25) is 0 Å². The number of nitrogen functional groups attached to an aromatic ring is 1. The number of anilines is 3. The first-order valence-corrected chi connectivity index (χ1v) is 12.3. The van der Waals surface area contributed by atoms with Crippen molar-refractivity contribution in [3.63, 3.8) is 0 Å². The first kappa shape index (κ1) is 26.7. The largest absolute Gasteiger partial charge is 0.416 e. The predicted molar refractivity (Wildman–Crippen MR) is 146 cm³/mol. The van der Waals surface area contributed by atoms with E-state index in [9.17, 15) is 18.0 Å². The second kappa shape index (κ2) is 11.4. The zero-order valence-corrected chi connectivity index (χ0v) is 21.1. The third-order valence-corrected chi connectivity index (χ3v) is 6.16. The fourth-order valence-electron chi connectivity index (χ4n) is 4.04. The Labute approximate surface area is 219 Å². The zero-order valence-electron chi connectivity index (χ0n) is 21.1. The van der Waals surface area contributed by atoms with E-state index in [1.165, 1.54) is 12.1 Å². The molecule has 196 valence electrons. The normalized spacial score (nSPS) is 11.4. The van der Waals surface area contributed by atoms with Crippen LogP contribution in [0.15, 0.2) is 84.9 Å². The Morgan fingerprint density at radius 1 is 0.921 bits per heavy atom. The quantitative estimate of drug-likeness (QED) is 0.227. The van der Waals surface area contributed by atoms with Crippen LogP contribution in [0.3, 0.4) is 0 Å². The molecule has 0 saturated heterocycles. The minimum Gasteiger partial charge on any atom is -0.385 e. The van der Waals surface area contributed by atoms with Gasteiger partial charge >= 0.3 is 6.18 Å². The van der Waals surface area contributed by atoms with Gasteiger partial charge in [-0.1, -0.05) is 44.2 Å². The lowest BCUT2D eigenvalue weighted by Crippen LogP contribution is -2.14. The average Bonchev–Trinajstić information content (AvgIpc) is 2.89. The molecule has 0 radical (unpaired) electrons. The number of hydrogen-bond acceptors (Lipinski definition) is 4. The van der Waals surface area contributed by atoms with Gasteiger partial charge < -0.3 is 16.4 Å². The third-order valence-electron chi connectivity index (χ3n) is 6.16. The number of amides is 1. The van der Waals surface area contributed by atoms with Crippen LogP contribution < -0.4 is 16.4 Å². The Kier molecular flexibility index (Phi) is 8.00. The number of alkyl halides is 3. The molecular weight excluding hydrogens is 489 g/mol. The molecule has 0 aliphatic rings. The van der Waals surface area contributed by atoms with Gasteiger partial charge in [0.25, 0.3) is 5.91 Å². The molecule has 4 aromatic rings. The molecule has 0 aliphatic carbocycles. The second-order valence-corrected chi connectivity index (χ2v) is 9.30. The van der Waals surface area contributed by atoms with Gasteiger partial charge in [-0.15, -0.1) is 0 Å². The minimum absolute atomic E-state index is 0.177. The van der Waals surface area contributed by atoms with Crippen molar-refractivity contribution in [2.75, 3.05) is 22.9 Å². The summed E-state index contributed by atoms with van der Waals surface area (Å²) in [6.07, 6.45) is -3.71. The molecule has 0 fully saturated rings. The summed E-state index contributed by atoms with van der Waals surface area (Å²) < 4.78 is 39.1. The standard InChI is InChI=1S/C30H29F3N4O/c1-19(2)21-8-15-26(20-6-9-22(10-7-20)30(31,32)33)27(18-21)29(38)37-25-13-11-23(12-14-25)35-17-16-24-4-3-5-28(34)36-24/h3-15,18-19,35H,16-17H2,1-2H3,(H2,34,36)(H,37,38). The highest BCUT2D eigenvalue weighted by Gasteiger charge is 2.30. The molecule has 1 amide bonds. The maximum atomic E-state index is 13.3. The minimum atomic E-state index is -4.42. The molecule has 0 bridgehead atoms. The second-order valence-electron chi connectivity index (χ2n) is 9.30. The first-order valence-electron chi connectivity index (χ1n) is 12.3. The van der Waals surface area contributed by atoms with Crippen LogP contribution in [0.4, 0.5) is 30.4 Å². The van der Waals surface area contributed by atoms with E-state index in [1.807, 2.05) is 44.2 Å². The lowest BCUT2D eigenvalue weighted by molar-refractivity contribution is -0.137. The number of benzene rings is 3. The molecular formula is C30H29F3N4O. The summed E-state index contributed by atoms with van der Waals surface area (Å²) in [5, 5.41) is 6.23. The van der Waals surface area contributed by atoms with E-state index in [-0.39, 0.29) is 11.8 Å². The molecule has 0 atom stereocenters. The Morgan fingerprint density at radius 3 is 2.24 bits per heavy atom. The van der Waals surface area contributed by atoms with Crippen molar-refractivity contribution < 1.29 is 18.0 Å². The number of hydrogen-bond donors (Lipinski definition) is 3. The summed E-state index contributed by atoms with van der Waals surface area (Å²) in [5.74, 6) is 0.329. The summed E-state index contributed by atoms with van der Waals surface area (Å²) in [6, 6.07) is 23.2. The van der Waals surface area contributed by atoms with Crippen LogP contribution in [0.5, 0.6) is 0 Å². The molecule has 4 rings (SSSR count). The summed E-state index contributed by atoms with van der Waals surface area (Å²) in [6.45, 7) is 4.70. The highest BCUT2D eigenvalue weighted by Crippen LogP contribution is 2.33. The number of nitrogens with two attached hydrogens (primary N) is 1. The number of aromatic nitrogens is 1. The summed E-state index contributed by atoms with van der Waals surface area (Å²) >= 11 is 0. The number of rotatable bonds is 8. The van der Waals surface area contributed by atoms with E-state index in [0.717, 1.165) is 29.1 Å². The van der Waals surface area contributed by atoms with E-state index in [2.05, 4.69) is 15.6 Å². The van der Waals surface area contributed by atoms with Crippen LogP contribution in [0.2, 0.25) is 0 Å². The Morgan fingerprint density at radius 2 is 1.61 bits per heavy atom. The van der Waals surface area contributed by atoms with Crippen LogP contribution >= 0.6 is 0 Å². The van der Waals surface area contributed by atoms with Crippen molar-refractivity contribution in [1.82, 2.24) is 4.98 Å². The number of nitrogens with one attached hydrogen (secondary N) is 2. The Hall–Kier alpha value is -4.33. The van der Waals surface area contributed by atoms with Crippen molar-refractivity contribution in [3.05, 3.63) is 107 Å². The molecule has 4 N–H and O–H groups in total. The SMILES string of the molecule is CC(C)c1ccc(-c2ccc(C(F)(F)F)cc2)c(C(=O)Nc2ccc(NCCc3cccc(N)n3)cc2)c1. The van der Waals surface area contributed by atoms with E-state index in [0.29, 0.717) is 41.2 Å². The molecule has 5 nitrogen and oxygen atoms in total. The molecule has 1 aromatic heterocycles. The zero-order chi connectivity index (χ0) is 27.3. The van der Waals surface area contributed by atoms with E-state index < -0.39 is 11.7 Å². The predicted octanol–water partition coefficient (Wildman–Crippen LogP) is 7.38. The van der Waals surface area contributed by atoms with Gasteiger partial charge in [0.15, 0.2) is 0 Å². The topological polar surface area (TPSA) is 80.0 Å². The average molecular weight is 519 g/mol. The highest BCUT2D eigenvalue weighted by molar-refractivity contribution is 6.09. The molecule has 0 aliphatic heterocycles. The summed E-state index contributed by atoms with van der Waals surface area (Å²) in [4.78, 5) is 17.6. The van der Waals surface area contributed by atoms with Crippen molar-refractivity contribution >= 4 is 23.1 Å². The Bertz CT molecular complexity index is 1400. The highest BCUT2D eigenvalue weighted by atomic mass is 19.4. The van der Waals surface area contributed by atoms with Crippen LogP contribution in [-0.2, 0) is 12.6 Å². The van der Waals surface area contributed by atoms with Crippen molar-refractivity contribution in [2.45, 2.75) is 32.4 Å². The Balaban J connectivity index is 1.48. The van der Waals surface area contributed by atoms with Gasteiger partial charge in [-0.25, -0.2) is 4.98 Å². The van der Waals surface area contributed by atoms with E-state index in [4.69, 9.17) is 5.73 Å². The molecule has 0 unspecified atom stereocenters. The monoisotopic (exact) mass is 518 g/mol. The number of carbonyl (C=O) groups excluding carboxylic acids is 1. The van der Waals surface area contributed by atoms with E-state index in [1.54, 1.807) is 30.3 Å². The lowest BCUT2D eigenvalue weighted by atomic mass is 9.93. The smallest absolute Gasteiger partial charge is 0.385 e. The molecule has 0 spiro atoms. The lowest BCUT2D eigenvalue weighted by Gasteiger charge is -2.15. The van der Waals surface area contributed by atoms with Crippen LogP contribution in [-0.4, -0.2) is 17.4 Å². The number of nitrogens with zero attached hydrogens (tertiary/aromatic N) is 1. The maximum Gasteiger partial charge on any atom is 0.416 e. The van der Waals surface area contributed by atoms with Crippen LogP contribution in [0, 0.1) is 0 Å². The molecule has 3 aromatic carbocycles. The summed E-state index contributed by atoms with van der Waals surface area (Å²) in [5.41, 5.74) is 9.83. The molecule has 38 heavy (non-hydrogen) atoms. The van der Waals surface area contributed by atoms with Crippen molar-refractivity contribution in [2.24, 2.45) is 0 Å². The van der Waals surface area contributed by atoms with Crippen molar-refractivity contribution in [3.8, 4) is 11.1 Å². The van der Waals surface area contributed by atoms with Gasteiger partial charge in [0.1, 0.15) is 5.82 Å². The summed E-state index contributed by atoms with van der Waals surface area (Å²) in [7, 11) is 0. The van der Waals surface area contributed by atoms with Crippen molar-refractivity contribution in [1.29, 1.82) is 0 Å². The van der Waals surface area contributed by atoms with E-state index >= 15 is 0 Å². The van der Waals surface area contributed by atoms with Gasteiger partial charge in [0, 0.05) is 35.6 Å². The molecule has 0 saturated carbocycles. The number of halogens is 3. The van der Waals surface area contributed by atoms with Gasteiger partial charge in [-0.2, -0.15) is 13.2 Å². The number of pyridine rings is 1. The third kappa shape index (κ3) is 6.70. The number of carbonyl (C=O) groups is 1. The molecule has 8 heteroatoms. The van der Waals surface area contributed by atoms with Crippen LogP contribution in [0.1, 0.15) is 46.9 Å². The fourth-order valence-corrected chi connectivity index (χ4v) is 4.04. The van der Waals surface area contributed by atoms with Gasteiger partial charge in [-0.3, -0.25) is 4.79 Å². The van der Waals surface area contributed by atoms with Gasteiger partial charge in [0.05, 0.1) is 5.56 Å². The molecule has 1 heterocycles. The van der Waals surface area contributed by atoms with Gasteiger partial charge in [-0.05, 0) is 77.2 Å². The first-order chi connectivity index (χ1) is 18.1. The fraction of sp³-hybridized carbons (Fsp3) is 0.200. The maximum absolute atomic E-state index is 13.3. The van der Waals surface area contributed by atoms with Crippen LogP contribution in [0.25, 0.3) is 11.1 Å².